The number of fused-ring (bicyclic) bond motifs is 2. The fraction of sp³-hybridized carbons (Fsp3) is 0.400. The molecule has 0 fully saturated rings. The second kappa shape index (κ2) is 16.2. The molecule has 2 aliphatic rings. The smallest absolute Gasteiger partial charge is 0.349 e. The molecule has 2 aromatic carbocycles. The number of benzene rings is 2. The minimum Gasteiger partial charge on any atom is -0.349 e. The largest absolute Gasteiger partial charge is 0.416 e. The third kappa shape index (κ3) is 9.07. The highest BCUT2D eigenvalue weighted by Gasteiger charge is 2.34. The van der Waals surface area contributed by atoms with Gasteiger partial charge in [0.15, 0.2) is 0 Å². The minimum absolute atomic E-state index is 0.000960. The predicted molar refractivity (Wildman–Crippen MR) is 187 cm³/mol. The second-order valence-corrected chi connectivity index (χ2v) is 14.1. The monoisotopic (exact) mass is 760 g/mol. The number of pyridine rings is 2. The first-order chi connectivity index (χ1) is 25.4. The summed E-state index contributed by atoms with van der Waals surface area (Å²) < 4.78 is 106. The van der Waals surface area contributed by atoms with Crippen LogP contribution in [0.15, 0.2) is 61.2 Å². The summed E-state index contributed by atoms with van der Waals surface area (Å²) in [7, 11) is 6.77. The van der Waals surface area contributed by atoms with Crippen molar-refractivity contribution in [1.82, 2.24) is 19.8 Å². The Morgan fingerprint density at radius 3 is 1.30 bits per heavy atom. The number of nitrogens with zero attached hydrogens (tertiary/aromatic N) is 4. The van der Waals surface area contributed by atoms with E-state index in [0.29, 0.717) is 48.9 Å². The molecule has 0 saturated heterocycles. The molecule has 288 valence electrons. The molecule has 2 unspecified atom stereocenters. The van der Waals surface area contributed by atoms with Crippen molar-refractivity contribution < 1.29 is 44.7 Å². The van der Waals surface area contributed by atoms with E-state index in [4.69, 9.17) is 0 Å². The number of carbonyl (C=O) groups excluding carboxylic acids is 2. The summed E-state index contributed by atoms with van der Waals surface area (Å²) in [6.45, 7) is 0. The first kappa shape index (κ1) is 40.3. The molecule has 0 N–H and O–H groups in total. The Hall–Kier alpha value is -4.88. The van der Waals surface area contributed by atoms with Crippen LogP contribution in [0.4, 0.5) is 35.1 Å². The lowest BCUT2D eigenvalue weighted by molar-refractivity contribution is -0.138. The fourth-order valence-electron chi connectivity index (χ4n) is 7.12. The second-order valence-electron chi connectivity index (χ2n) is 14.1. The Bertz CT molecular complexity index is 1870. The summed E-state index contributed by atoms with van der Waals surface area (Å²) in [6, 6.07) is 5.12. The molecule has 0 radical (unpaired) electrons. The van der Waals surface area contributed by atoms with Gasteiger partial charge >= 0.3 is 12.4 Å². The van der Waals surface area contributed by atoms with Gasteiger partial charge in [-0.25, -0.2) is 8.78 Å². The quantitative estimate of drug-likeness (QED) is 0.184. The minimum atomic E-state index is -4.59. The topological polar surface area (TPSA) is 66.4 Å². The standard InChI is InChI=1S/2C20H20F4N2O/c2*1-26(2)19(27)8-12-4-3-5-14-16(12)10-25-11-17(14)15-7-6-13(9-18(15)21)20(22,23)24/h2*6-7,9-12H,3-5,8H2,1-2H3. The van der Waals surface area contributed by atoms with Crippen molar-refractivity contribution in [3.05, 3.63) is 106 Å². The van der Waals surface area contributed by atoms with Crippen LogP contribution in [0.2, 0.25) is 0 Å². The van der Waals surface area contributed by atoms with Crippen LogP contribution in [0, 0.1) is 11.6 Å². The lowest BCUT2D eigenvalue weighted by Gasteiger charge is -2.27. The van der Waals surface area contributed by atoms with Gasteiger partial charge in [0.2, 0.25) is 11.8 Å². The highest BCUT2D eigenvalue weighted by Crippen LogP contribution is 2.42. The molecule has 2 amide bonds. The maximum Gasteiger partial charge on any atom is 0.416 e. The molecule has 4 aromatic rings. The zero-order valence-corrected chi connectivity index (χ0v) is 30.2. The van der Waals surface area contributed by atoms with Crippen LogP contribution in [-0.4, -0.2) is 59.8 Å². The third-order valence-electron chi connectivity index (χ3n) is 10.0. The molecule has 0 bridgehead atoms. The molecule has 2 aromatic heterocycles. The summed E-state index contributed by atoms with van der Waals surface area (Å²) in [6.07, 6.45) is 2.51. The number of carbonyl (C=O) groups is 2. The summed E-state index contributed by atoms with van der Waals surface area (Å²) in [5.41, 5.74) is 2.67. The van der Waals surface area contributed by atoms with Gasteiger partial charge in [-0.1, -0.05) is 12.1 Å². The Morgan fingerprint density at radius 1 is 0.611 bits per heavy atom. The van der Waals surface area contributed by atoms with E-state index in [1.807, 2.05) is 0 Å². The molecule has 2 heterocycles. The molecular formula is C40H40F8N4O2. The van der Waals surface area contributed by atoms with Crippen molar-refractivity contribution >= 4 is 11.8 Å². The van der Waals surface area contributed by atoms with E-state index in [9.17, 15) is 44.7 Å². The van der Waals surface area contributed by atoms with Gasteiger partial charge in [0.05, 0.1) is 11.1 Å². The summed E-state index contributed by atoms with van der Waals surface area (Å²) >= 11 is 0. The van der Waals surface area contributed by atoms with Gasteiger partial charge in [0, 0.05) is 88.1 Å². The van der Waals surface area contributed by atoms with E-state index in [1.165, 1.54) is 22.2 Å². The van der Waals surface area contributed by atoms with Gasteiger partial charge in [-0.3, -0.25) is 19.6 Å². The van der Waals surface area contributed by atoms with Crippen LogP contribution in [0.3, 0.4) is 0 Å². The van der Waals surface area contributed by atoms with Crippen LogP contribution in [0.5, 0.6) is 0 Å². The Labute approximate surface area is 308 Å². The summed E-state index contributed by atoms with van der Waals surface area (Å²) in [5.74, 6) is -1.89. The van der Waals surface area contributed by atoms with Crippen LogP contribution in [-0.2, 0) is 34.8 Å². The van der Waals surface area contributed by atoms with Crippen molar-refractivity contribution in [2.75, 3.05) is 28.2 Å². The molecule has 2 aliphatic carbocycles. The maximum atomic E-state index is 14.5. The number of halogens is 8. The first-order valence-corrected chi connectivity index (χ1v) is 17.4. The average molecular weight is 761 g/mol. The highest BCUT2D eigenvalue weighted by molar-refractivity contribution is 5.78. The van der Waals surface area contributed by atoms with E-state index < -0.39 is 35.1 Å². The van der Waals surface area contributed by atoms with Crippen LogP contribution >= 0.6 is 0 Å². The molecule has 0 aliphatic heterocycles. The van der Waals surface area contributed by atoms with Gasteiger partial charge in [-0.05, 0) is 96.9 Å². The first-order valence-electron chi connectivity index (χ1n) is 17.4. The maximum absolute atomic E-state index is 14.5. The third-order valence-corrected chi connectivity index (χ3v) is 10.0. The molecular weight excluding hydrogens is 720 g/mol. The number of alkyl halides is 6. The predicted octanol–water partition coefficient (Wildman–Crippen LogP) is 9.61. The van der Waals surface area contributed by atoms with Gasteiger partial charge in [0.25, 0.3) is 0 Å². The Morgan fingerprint density at radius 2 is 0.981 bits per heavy atom. The van der Waals surface area contributed by atoms with E-state index in [1.54, 1.807) is 40.6 Å². The number of amides is 2. The lowest BCUT2D eigenvalue weighted by atomic mass is 9.79. The molecule has 6 nitrogen and oxygen atoms in total. The van der Waals surface area contributed by atoms with Gasteiger partial charge < -0.3 is 9.80 Å². The molecule has 0 saturated carbocycles. The highest BCUT2D eigenvalue weighted by atomic mass is 19.4. The zero-order valence-electron chi connectivity index (χ0n) is 30.2. The van der Waals surface area contributed by atoms with E-state index in [-0.39, 0.29) is 34.8 Å². The Kier molecular flexibility index (Phi) is 12.1. The van der Waals surface area contributed by atoms with Crippen LogP contribution < -0.4 is 0 Å². The number of rotatable bonds is 6. The number of hydrogen-bond donors (Lipinski definition) is 0. The molecule has 2 atom stereocenters. The van der Waals surface area contributed by atoms with Crippen molar-refractivity contribution in [2.24, 2.45) is 0 Å². The van der Waals surface area contributed by atoms with E-state index in [2.05, 4.69) is 9.97 Å². The van der Waals surface area contributed by atoms with Gasteiger partial charge in [-0.15, -0.1) is 0 Å². The molecule has 0 spiro atoms. The lowest BCUT2D eigenvalue weighted by Crippen LogP contribution is -2.25. The van der Waals surface area contributed by atoms with E-state index >= 15 is 0 Å². The molecule has 14 heteroatoms. The number of aromatic nitrogens is 2. The Balaban J connectivity index is 0.000000208. The van der Waals surface area contributed by atoms with Crippen LogP contribution in [0.1, 0.15) is 83.7 Å². The van der Waals surface area contributed by atoms with Crippen LogP contribution in [0.25, 0.3) is 22.3 Å². The summed E-state index contributed by atoms with van der Waals surface area (Å²) in [5, 5.41) is 0. The fourth-order valence-corrected chi connectivity index (χ4v) is 7.12. The molecule has 6 rings (SSSR count). The number of hydrogen-bond acceptors (Lipinski definition) is 4. The normalized spacial score (nSPS) is 16.7. The average Bonchev–Trinajstić information content (AvgIpc) is 3.11. The summed E-state index contributed by atoms with van der Waals surface area (Å²) in [4.78, 5) is 35.6. The molecule has 54 heavy (non-hydrogen) atoms. The van der Waals surface area contributed by atoms with Crippen molar-refractivity contribution in [3.63, 3.8) is 0 Å². The van der Waals surface area contributed by atoms with Gasteiger partial charge in [-0.2, -0.15) is 26.3 Å². The zero-order chi connectivity index (χ0) is 39.5. The van der Waals surface area contributed by atoms with Crippen molar-refractivity contribution in [3.8, 4) is 22.3 Å². The van der Waals surface area contributed by atoms with Crippen molar-refractivity contribution in [2.45, 2.75) is 75.6 Å². The van der Waals surface area contributed by atoms with Gasteiger partial charge in [0.1, 0.15) is 11.6 Å². The van der Waals surface area contributed by atoms with Crippen molar-refractivity contribution in [1.29, 1.82) is 0 Å². The van der Waals surface area contributed by atoms with E-state index in [0.717, 1.165) is 72.2 Å². The SMILES string of the molecule is CN(C)C(=O)CC1CCCc2c(-c3ccc(C(F)(F)F)cc3F)cncc21.CN(C)C(=O)CC1CCCc2c(-c3ccc(C(F)(F)F)cc3F)cncc21.